The monoisotopic (exact) mass is 229 g/mol. The van der Waals surface area contributed by atoms with E-state index in [-0.39, 0.29) is 11.8 Å². The van der Waals surface area contributed by atoms with Crippen molar-refractivity contribution in [3.8, 4) is 0 Å². The maximum absolute atomic E-state index is 12.0. The Balaban J connectivity index is 1.55. The number of carbonyl (C=O) groups is 1. The molecule has 2 nitrogen and oxygen atoms in total. The second-order valence-electron chi connectivity index (χ2n) is 5.35. The van der Waals surface area contributed by atoms with Crippen LogP contribution in [0.25, 0.3) is 0 Å². The average Bonchev–Trinajstić information content (AvgIpc) is 3.02. The number of nitrogens with one attached hydrogen (secondary N) is 1. The first kappa shape index (κ1) is 10.8. The third-order valence-electron chi connectivity index (χ3n) is 4.06. The second kappa shape index (κ2) is 4.52. The van der Waals surface area contributed by atoms with E-state index in [4.69, 9.17) is 0 Å². The molecule has 1 amide bonds. The van der Waals surface area contributed by atoms with Crippen LogP contribution in [0.15, 0.2) is 30.3 Å². The summed E-state index contributed by atoms with van der Waals surface area (Å²) in [5.74, 6) is 0.987. The normalized spacial score (nSPS) is 28.0. The molecule has 2 fully saturated rings. The molecule has 2 aliphatic rings. The molecule has 0 spiro atoms. The molecule has 17 heavy (non-hydrogen) atoms. The van der Waals surface area contributed by atoms with Gasteiger partial charge in [-0.05, 0) is 30.7 Å². The molecule has 1 aromatic rings. The van der Waals surface area contributed by atoms with Crippen LogP contribution < -0.4 is 5.32 Å². The van der Waals surface area contributed by atoms with Crippen molar-refractivity contribution in [3.05, 3.63) is 35.9 Å². The summed E-state index contributed by atoms with van der Waals surface area (Å²) in [7, 11) is 0. The molecule has 0 unspecified atom stereocenters. The Hall–Kier alpha value is -1.31. The standard InChI is InChI=1S/C15H19NO/c17-15(16-12-8-4-5-9-12)14-10-13(14)11-6-2-1-3-7-11/h1-3,6-7,12-14H,4-5,8-10H2,(H,16,17)/t13-,14-/m1/s1. The van der Waals surface area contributed by atoms with Gasteiger partial charge in [-0.3, -0.25) is 4.79 Å². The highest BCUT2D eigenvalue weighted by atomic mass is 16.2. The van der Waals surface area contributed by atoms with Gasteiger partial charge >= 0.3 is 0 Å². The van der Waals surface area contributed by atoms with Gasteiger partial charge in [0.2, 0.25) is 5.91 Å². The van der Waals surface area contributed by atoms with Gasteiger partial charge in [0.15, 0.2) is 0 Å². The summed E-state index contributed by atoms with van der Waals surface area (Å²) in [6, 6.07) is 10.9. The fourth-order valence-corrected chi connectivity index (χ4v) is 2.93. The molecule has 3 rings (SSSR count). The molecular formula is C15H19NO. The maximum Gasteiger partial charge on any atom is 0.223 e. The minimum Gasteiger partial charge on any atom is -0.353 e. The molecule has 2 atom stereocenters. The highest BCUT2D eigenvalue weighted by Crippen LogP contribution is 2.47. The predicted octanol–water partition coefficient (Wildman–Crippen LogP) is 2.85. The Labute approximate surface area is 102 Å². The SMILES string of the molecule is O=C(NC1CCCC1)[C@@H]1C[C@@H]1c1ccccc1. The first-order chi connectivity index (χ1) is 8.34. The average molecular weight is 229 g/mol. The number of benzene rings is 1. The van der Waals surface area contributed by atoms with Crippen LogP contribution in [0.3, 0.4) is 0 Å². The first-order valence-corrected chi connectivity index (χ1v) is 6.70. The second-order valence-corrected chi connectivity index (χ2v) is 5.35. The van der Waals surface area contributed by atoms with Gasteiger partial charge in [0.25, 0.3) is 0 Å². The van der Waals surface area contributed by atoms with Gasteiger partial charge < -0.3 is 5.32 Å². The molecule has 0 heterocycles. The van der Waals surface area contributed by atoms with Gasteiger partial charge in [-0.25, -0.2) is 0 Å². The van der Waals surface area contributed by atoms with E-state index in [1.54, 1.807) is 0 Å². The van der Waals surface area contributed by atoms with E-state index >= 15 is 0 Å². The molecular weight excluding hydrogens is 210 g/mol. The third kappa shape index (κ3) is 2.36. The van der Waals surface area contributed by atoms with Gasteiger partial charge in [0, 0.05) is 12.0 Å². The summed E-state index contributed by atoms with van der Waals surface area (Å²) in [5, 5.41) is 3.20. The molecule has 2 aliphatic carbocycles. The van der Waals surface area contributed by atoms with Crippen LogP contribution in [-0.4, -0.2) is 11.9 Å². The van der Waals surface area contributed by atoms with E-state index in [1.165, 1.54) is 31.2 Å². The van der Waals surface area contributed by atoms with Crippen molar-refractivity contribution in [1.82, 2.24) is 5.32 Å². The van der Waals surface area contributed by atoms with E-state index in [1.807, 2.05) is 6.07 Å². The number of rotatable bonds is 3. The van der Waals surface area contributed by atoms with Crippen LogP contribution >= 0.6 is 0 Å². The van der Waals surface area contributed by atoms with Gasteiger partial charge in [0.05, 0.1) is 0 Å². The lowest BCUT2D eigenvalue weighted by Gasteiger charge is -2.11. The summed E-state index contributed by atoms with van der Waals surface area (Å²) in [6.45, 7) is 0. The van der Waals surface area contributed by atoms with E-state index in [0.29, 0.717) is 12.0 Å². The molecule has 1 N–H and O–H groups in total. The minimum atomic E-state index is 0.234. The number of hydrogen-bond donors (Lipinski definition) is 1. The Kier molecular flexibility index (Phi) is 2.87. The Morgan fingerprint density at radius 3 is 2.53 bits per heavy atom. The zero-order valence-electron chi connectivity index (χ0n) is 10.1. The van der Waals surface area contributed by atoms with Gasteiger partial charge in [-0.15, -0.1) is 0 Å². The van der Waals surface area contributed by atoms with E-state index < -0.39 is 0 Å². The summed E-state index contributed by atoms with van der Waals surface area (Å²) in [4.78, 5) is 12.0. The van der Waals surface area contributed by atoms with Crippen molar-refractivity contribution in [2.75, 3.05) is 0 Å². The fourth-order valence-electron chi connectivity index (χ4n) is 2.93. The zero-order valence-corrected chi connectivity index (χ0v) is 10.1. The lowest BCUT2D eigenvalue weighted by Crippen LogP contribution is -2.34. The van der Waals surface area contributed by atoms with Crippen LogP contribution in [0.4, 0.5) is 0 Å². The molecule has 0 saturated heterocycles. The summed E-state index contributed by atoms with van der Waals surface area (Å²) >= 11 is 0. The lowest BCUT2D eigenvalue weighted by molar-refractivity contribution is -0.123. The molecule has 1 aromatic carbocycles. The number of hydrogen-bond acceptors (Lipinski definition) is 1. The number of carbonyl (C=O) groups excluding carboxylic acids is 1. The predicted molar refractivity (Wildman–Crippen MR) is 67.7 cm³/mol. The Morgan fingerprint density at radius 1 is 1.12 bits per heavy atom. The molecule has 0 radical (unpaired) electrons. The smallest absolute Gasteiger partial charge is 0.223 e. The van der Waals surface area contributed by atoms with Crippen molar-refractivity contribution >= 4 is 5.91 Å². The van der Waals surface area contributed by atoms with E-state index in [0.717, 1.165) is 6.42 Å². The van der Waals surface area contributed by atoms with E-state index in [9.17, 15) is 4.79 Å². The van der Waals surface area contributed by atoms with E-state index in [2.05, 4.69) is 29.6 Å². The van der Waals surface area contributed by atoms with Crippen LogP contribution in [-0.2, 0) is 4.79 Å². The van der Waals surface area contributed by atoms with Crippen molar-refractivity contribution in [2.24, 2.45) is 5.92 Å². The number of amides is 1. The summed E-state index contributed by atoms with van der Waals surface area (Å²) in [6.07, 6.45) is 5.93. The third-order valence-corrected chi connectivity index (χ3v) is 4.06. The molecule has 90 valence electrons. The first-order valence-electron chi connectivity index (χ1n) is 6.70. The molecule has 2 heteroatoms. The highest BCUT2D eigenvalue weighted by molar-refractivity contribution is 5.83. The van der Waals surface area contributed by atoms with Crippen molar-refractivity contribution in [2.45, 2.75) is 44.1 Å². The van der Waals surface area contributed by atoms with Crippen molar-refractivity contribution < 1.29 is 4.79 Å². The van der Waals surface area contributed by atoms with Crippen LogP contribution in [0, 0.1) is 5.92 Å². The van der Waals surface area contributed by atoms with Crippen molar-refractivity contribution in [1.29, 1.82) is 0 Å². The Morgan fingerprint density at radius 2 is 1.82 bits per heavy atom. The van der Waals surface area contributed by atoms with Gasteiger partial charge in [-0.1, -0.05) is 43.2 Å². The zero-order chi connectivity index (χ0) is 11.7. The molecule has 2 saturated carbocycles. The van der Waals surface area contributed by atoms with Gasteiger partial charge in [-0.2, -0.15) is 0 Å². The van der Waals surface area contributed by atoms with Crippen molar-refractivity contribution in [3.63, 3.8) is 0 Å². The maximum atomic E-state index is 12.0. The van der Waals surface area contributed by atoms with Crippen LogP contribution in [0.5, 0.6) is 0 Å². The topological polar surface area (TPSA) is 29.1 Å². The Bertz CT molecular complexity index is 395. The van der Waals surface area contributed by atoms with Crippen LogP contribution in [0.2, 0.25) is 0 Å². The molecule has 0 bridgehead atoms. The van der Waals surface area contributed by atoms with Gasteiger partial charge in [0.1, 0.15) is 0 Å². The molecule has 0 aliphatic heterocycles. The minimum absolute atomic E-state index is 0.234. The lowest BCUT2D eigenvalue weighted by atomic mass is 10.1. The largest absolute Gasteiger partial charge is 0.353 e. The summed E-state index contributed by atoms with van der Waals surface area (Å²) in [5.41, 5.74) is 1.32. The molecule has 0 aromatic heterocycles. The van der Waals surface area contributed by atoms with Crippen LogP contribution in [0.1, 0.15) is 43.6 Å². The fraction of sp³-hybridized carbons (Fsp3) is 0.533. The summed E-state index contributed by atoms with van der Waals surface area (Å²) < 4.78 is 0. The highest BCUT2D eigenvalue weighted by Gasteiger charge is 2.44. The quantitative estimate of drug-likeness (QED) is 0.848.